The van der Waals surface area contributed by atoms with Crippen molar-refractivity contribution in [3.63, 3.8) is 0 Å². The van der Waals surface area contributed by atoms with Crippen molar-refractivity contribution in [3.8, 4) is 0 Å². The Morgan fingerprint density at radius 1 is 1.33 bits per heavy atom. The first-order valence-corrected chi connectivity index (χ1v) is 5.54. The molecular weight excluding hydrogens is 263 g/mol. The monoisotopic (exact) mass is 274 g/mol. The Morgan fingerprint density at radius 3 is 2.67 bits per heavy atom. The molecule has 0 aliphatic heterocycles. The number of hydrogen-bond acceptors (Lipinski definition) is 2. The number of amides is 2. The molecule has 18 heavy (non-hydrogen) atoms. The average Bonchev–Trinajstić information content (AvgIpc) is 2.27. The average molecular weight is 275 g/mol. The van der Waals surface area contributed by atoms with Crippen molar-refractivity contribution in [1.29, 1.82) is 0 Å². The molecule has 0 bridgehead atoms. The first-order chi connectivity index (χ1) is 8.49. The number of carbonyl (C=O) groups is 2. The Balaban J connectivity index is 2.36. The van der Waals surface area contributed by atoms with Crippen molar-refractivity contribution in [2.24, 2.45) is 0 Å². The van der Waals surface area contributed by atoms with Crippen molar-refractivity contribution >= 4 is 23.6 Å². The number of carbonyl (C=O) groups excluding carboxylic acids is 1. The van der Waals surface area contributed by atoms with Crippen LogP contribution in [0.5, 0.6) is 0 Å². The number of urea groups is 1. The molecule has 0 saturated heterocycles. The predicted molar refractivity (Wildman–Crippen MR) is 63.9 cm³/mol. The molecule has 0 radical (unpaired) electrons. The minimum Gasteiger partial charge on any atom is -0.481 e. The highest BCUT2D eigenvalue weighted by Gasteiger charge is 2.05. The van der Waals surface area contributed by atoms with Crippen LogP contribution >= 0.6 is 11.6 Å². The van der Waals surface area contributed by atoms with Crippen molar-refractivity contribution < 1.29 is 19.1 Å². The van der Waals surface area contributed by atoms with Gasteiger partial charge in [0.05, 0.1) is 6.42 Å². The molecule has 0 aliphatic carbocycles. The Bertz CT molecular complexity index is 454. The fraction of sp³-hybridized carbons (Fsp3) is 0.273. The molecule has 3 N–H and O–H groups in total. The summed E-state index contributed by atoms with van der Waals surface area (Å²) in [6.07, 6.45) is -0.164. The van der Waals surface area contributed by atoms with Gasteiger partial charge in [-0.1, -0.05) is 17.7 Å². The summed E-state index contributed by atoms with van der Waals surface area (Å²) < 4.78 is 13.3. The van der Waals surface area contributed by atoms with Gasteiger partial charge in [0.1, 0.15) is 5.82 Å². The van der Waals surface area contributed by atoms with Gasteiger partial charge in [0.15, 0.2) is 0 Å². The summed E-state index contributed by atoms with van der Waals surface area (Å²) >= 11 is 5.58. The molecule has 1 aromatic carbocycles. The van der Waals surface area contributed by atoms with Gasteiger partial charge < -0.3 is 15.7 Å². The summed E-state index contributed by atoms with van der Waals surface area (Å²) in [6.45, 7) is 0.0200. The van der Waals surface area contributed by atoms with Crippen LogP contribution in [0.15, 0.2) is 18.2 Å². The molecule has 0 fully saturated rings. The second kappa shape index (κ2) is 6.80. The van der Waals surface area contributed by atoms with E-state index in [1.165, 1.54) is 12.1 Å². The van der Waals surface area contributed by atoms with E-state index in [0.29, 0.717) is 5.56 Å². The second-order valence-corrected chi connectivity index (χ2v) is 3.93. The van der Waals surface area contributed by atoms with Crippen molar-refractivity contribution in [1.82, 2.24) is 10.6 Å². The standard InChI is InChI=1S/C11H12ClFN2O3/c12-8-2-1-7(9(13)5-8)6-15-11(18)14-4-3-10(16)17/h1-2,5H,3-4,6H2,(H,16,17)(H2,14,15,18). The van der Waals surface area contributed by atoms with Crippen LogP contribution in [0.25, 0.3) is 0 Å². The number of benzene rings is 1. The van der Waals surface area contributed by atoms with E-state index < -0.39 is 17.8 Å². The molecule has 0 unspecified atom stereocenters. The fourth-order valence-corrected chi connectivity index (χ4v) is 1.34. The minimum absolute atomic E-state index is 0.00189. The molecule has 98 valence electrons. The van der Waals surface area contributed by atoms with Crippen LogP contribution in [0, 0.1) is 5.82 Å². The smallest absolute Gasteiger partial charge is 0.315 e. The molecule has 1 aromatic rings. The van der Waals surface area contributed by atoms with Gasteiger partial charge in [0.2, 0.25) is 0 Å². The second-order valence-electron chi connectivity index (χ2n) is 3.49. The van der Waals surface area contributed by atoms with Gasteiger partial charge in [-0.15, -0.1) is 0 Å². The zero-order chi connectivity index (χ0) is 13.5. The number of nitrogens with one attached hydrogen (secondary N) is 2. The SMILES string of the molecule is O=C(O)CCNC(=O)NCc1ccc(Cl)cc1F. The Labute approximate surface area is 108 Å². The lowest BCUT2D eigenvalue weighted by molar-refractivity contribution is -0.136. The summed E-state index contributed by atoms with van der Waals surface area (Å²) in [5.41, 5.74) is 0.299. The van der Waals surface area contributed by atoms with Crippen molar-refractivity contribution in [3.05, 3.63) is 34.6 Å². The molecule has 1 rings (SSSR count). The third-order valence-corrected chi connectivity index (χ3v) is 2.31. The van der Waals surface area contributed by atoms with Crippen molar-refractivity contribution in [2.75, 3.05) is 6.54 Å². The summed E-state index contributed by atoms with van der Waals surface area (Å²) in [7, 11) is 0. The number of rotatable bonds is 5. The third-order valence-electron chi connectivity index (χ3n) is 2.08. The van der Waals surface area contributed by atoms with E-state index in [9.17, 15) is 14.0 Å². The van der Waals surface area contributed by atoms with Crippen LogP contribution in [-0.4, -0.2) is 23.7 Å². The maximum atomic E-state index is 13.3. The lowest BCUT2D eigenvalue weighted by Crippen LogP contribution is -2.36. The quantitative estimate of drug-likeness (QED) is 0.765. The zero-order valence-electron chi connectivity index (χ0n) is 9.37. The summed E-state index contributed by atoms with van der Waals surface area (Å²) in [5, 5.41) is 13.4. The lowest BCUT2D eigenvalue weighted by Gasteiger charge is -2.07. The summed E-state index contributed by atoms with van der Waals surface area (Å²) in [6, 6.07) is 3.59. The van der Waals surface area contributed by atoms with Crippen LogP contribution < -0.4 is 10.6 Å². The van der Waals surface area contributed by atoms with Crippen molar-refractivity contribution in [2.45, 2.75) is 13.0 Å². The highest BCUT2D eigenvalue weighted by Crippen LogP contribution is 2.14. The third kappa shape index (κ3) is 5.01. The number of hydrogen-bond donors (Lipinski definition) is 3. The van der Waals surface area contributed by atoms with E-state index in [1.807, 2.05) is 0 Å². The van der Waals surface area contributed by atoms with Crippen LogP contribution in [0.4, 0.5) is 9.18 Å². The van der Waals surface area contributed by atoms with Gasteiger partial charge in [-0.2, -0.15) is 0 Å². The van der Waals surface area contributed by atoms with E-state index in [0.717, 1.165) is 6.07 Å². The van der Waals surface area contributed by atoms with Gasteiger partial charge in [0, 0.05) is 23.7 Å². The topological polar surface area (TPSA) is 78.4 Å². The Kier molecular flexibility index (Phi) is 5.38. The van der Waals surface area contributed by atoms with Crippen LogP contribution in [0.1, 0.15) is 12.0 Å². The molecule has 2 amide bonds. The molecule has 5 nitrogen and oxygen atoms in total. The van der Waals surface area contributed by atoms with Crippen LogP contribution in [0.2, 0.25) is 5.02 Å². The van der Waals surface area contributed by atoms with Gasteiger partial charge in [-0.3, -0.25) is 4.79 Å². The Hall–Kier alpha value is -1.82. The number of carboxylic acids is 1. The molecule has 0 saturated carbocycles. The largest absolute Gasteiger partial charge is 0.481 e. The van der Waals surface area contributed by atoms with E-state index in [1.54, 1.807) is 0 Å². The molecule has 7 heteroatoms. The lowest BCUT2D eigenvalue weighted by atomic mass is 10.2. The highest BCUT2D eigenvalue weighted by molar-refractivity contribution is 6.30. The molecule has 0 spiro atoms. The molecular formula is C11H12ClFN2O3. The first kappa shape index (κ1) is 14.2. The molecule has 0 atom stereocenters. The van der Waals surface area contributed by atoms with Crippen LogP contribution in [-0.2, 0) is 11.3 Å². The predicted octanol–water partition coefficient (Wildman–Crippen LogP) is 1.75. The zero-order valence-corrected chi connectivity index (χ0v) is 10.1. The summed E-state index contributed by atoms with van der Waals surface area (Å²) in [5.74, 6) is -1.51. The molecule has 0 aliphatic rings. The number of carboxylic acid groups (broad SMARTS) is 1. The molecule has 0 aromatic heterocycles. The maximum absolute atomic E-state index is 13.3. The van der Waals surface area contributed by atoms with E-state index in [-0.39, 0.29) is 24.5 Å². The molecule has 0 heterocycles. The highest BCUT2D eigenvalue weighted by atomic mass is 35.5. The van der Waals surface area contributed by atoms with E-state index >= 15 is 0 Å². The van der Waals surface area contributed by atoms with Gasteiger partial charge in [-0.25, -0.2) is 9.18 Å². The number of aliphatic carboxylic acids is 1. The van der Waals surface area contributed by atoms with E-state index in [2.05, 4.69) is 10.6 Å². The number of halogens is 2. The normalized spacial score (nSPS) is 9.89. The summed E-state index contributed by atoms with van der Waals surface area (Å²) in [4.78, 5) is 21.4. The van der Waals surface area contributed by atoms with Crippen LogP contribution in [0.3, 0.4) is 0 Å². The fourth-order valence-electron chi connectivity index (χ4n) is 1.19. The van der Waals surface area contributed by atoms with E-state index in [4.69, 9.17) is 16.7 Å². The van der Waals surface area contributed by atoms with Gasteiger partial charge in [0.25, 0.3) is 0 Å². The minimum atomic E-state index is -1.00. The maximum Gasteiger partial charge on any atom is 0.315 e. The van der Waals surface area contributed by atoms with Gasteiger partial charge in [-0.05, 0) is 12.1 Å². The van der Waals surface area contributed by atoms with Gasteiger partial charge >= 0.3 is 12.0 Å². The Morgan fingerprint density at radius 2 is 2.06 bits per heavy atom. The first-order valence-electron chi connectivity index (χ1n) is 5.16.